The lowest BCUT2D eigenvalue weighted by atomic mass is 10.2. The van der Waals surface area contributed by atoms with Crippen molar-refractivity contribution in [2.24, 2.45) is 0 Å². The number of carbonyl (C=O) groups excluding carboxylic acids is 1. The molecule has 0 fully saturated rings. The molecular formula is C17H15ClN2OS. The SMILES string of the molecule is CC(SCc1ccc(C#N)cc1)C(=O)Nc1ccccc1Cl. The molecule has 5 heteroatoms. The highest BCUT2D eigenvalue weighted by molar-refractivity contribution is 7.99. The number of nitrogens with one attached hydrogen (secondary N) is 1. The Morgan fingerprint density at radius 1 is 1.27 bits per heavy atom. The Morgan fingerprint density at radius 2 is 1.95 bits per heavy atom. The van der Waals surface area contributed by atoms with Crippen LogP contribution in [-0.4, -0.2) is 11.2 Å². The smallest absolute Gasteiger partial charge is 0.237 e. The highest BCUT2D eigenvalue weighted by Gasteiger charge is 2.14. The Labute approximate surface area is 139 Å². The number of nitrogens with zero attached hydrogens (tertiary/aromatic N) is 1. The van der Waals surface area contributed by atoms with Gasteiger partial charge in [-0.2, -0.15) is 5.26 Å². The molecule has 1 N–H and O–H groups in total. The molecule has 3 nitrogen and oxygen atoms in total. The maximum atomic E-state index is 12.2. The van der Waals surface area contributed by atoms with Crippen LogP contribution in [0, 0.1) is 11.3 Å². The Bertz CT molecular complexity index is 695. The van der Waals surface area contributed by atoms with E-state index < -0.39 is 0 Å². The minimum absolute atomic E-state index is 0.0771. The number of hydrogen-bond acceptors (Lipinski definition) is 3. The standard InChI is InChI=1S/C17H15ClN2OS/c1-12(17(21)20-16-5-3-2-4-15(16)18)22-11-14-8-6-13(10-19)7-9-14/h2-9,12H,11H2,1H3,(H,20,21). The molecule has 0 aliphatic carbocycles. The Balaban J connectivity index is 1.88. The lowest BCUT2D eigenvalue weighted by Crippen LogP contribution is -2.22. The minimum atomic E-state index is -0.202. The summed E-state index contributed by atoms with van der Waals surface area (Å²) >= 11 is 7.56. The van der Waals surface area contributed by atoms with E-state index in [0.29, 0.717) is 22.0 Å². The van der Waals surface area contributed by atoms with Gasteiger partial charge in [0.25, 0.3) is 0 Å². The molecule has 0 saturated heterocycles. The van der Waals surface area contributed by atoms with E-state index in [0.717, 1.165) is 5.56 Å². The fourth-order valence-corrected chi connectivity index (χ4v) is 2.80. The lowest BCUT2D eigenvalue weighted by Gasteiger charge is -2.13. The predicted octanol–water partition coefficient (Wildman–Crippen LogP) is 4.47. The van der Waals surface area contributed by atoms with E-state index in [4.69, 9.17) is 16.9 Å². The third-order valence-electron chi connectivity index (χ3n) is 3.08. The molecule has 0 aliphatic heterocycles. The highest BCUT2D eigenvalue weighted by Crippen LogP contribution is 2.23. The molecule has 1 amide bonds. The van der Waals surface area contributed by atoms with Gasteiger partial charge in [0, 0.05) is 5.75 Å². The lowest BCUT2D eigenvalue weighted by molar-refractivity contribution is -0.115. The van der Waals surface area contributed by atoms with E-state index in [1.165, 1.54) is 11.8 Å². The second kappa shape index (κ2) is 7.88. The van der Waals surface area contributed by atoms with Gasteiger partial charge in [0.15, 0.2) is 0 Å². The minimum Gasteiger partial charge on any atom is -0.324 e. The molecule has 2 rings (SSSR count). The first kappa shape index (κ1) is 16.4. The van der Waals surface area contributed by atoms with Crippen molar-refractivity contribution in [3.8, 4) is 6.07 Å². The van der Waals surface area contributed by atoms with Crippen molar-refractivity contribution in [3.63, 3.8) is 0 Å². The van der Waals surface area contributed by atoms with Crippen LogP contribution in [0.5, 0.6) is 0 Å². The summed E-state index contributed by atoms with van der Waals surface area (Å²) in [7, 11) is 0. The number of thioether (sulfide) groups is 1. The number of nitriles is 1. The number of halogens is 1. The fourth-order valence-electron chi connectivity index (χ4n) is 1.77. The number of benzene rings is 2. The van der Waals surface area contributed by atoms with Gasteiger partial charge in [-0.15, -0.1) is 11.8 Å². The summed E-state index contributed by atoms with van der Waals surface area (Å²) in [5.41, 5.74) is 2.35. The van der Waals surface area contributed by atoms with Crippen LogP contribution in [0.4, 0.5) is 5.69 Å². The maximum Gasteiger partial charge on any atom is 0.237 e. The van der Waals surface area contributed by atoms with Crippen molar-refractivity contribution >= 4 is 35.0 Å². The van der Waals surface area contributed by atoms with Crippen molar-refractivity contribution in [1.29, 1.82) is 5.26 Å². The summed E-state index contributed by atoms with van der Waals surface area (Å²) < 4.78 is 0. The first-order chi connectivity index (χ1) is 10.6. The zero-order chi connectivity index (χ0) is 15.9. The van der Waals surface area contributed by atoms with Crippen molar-refractivity contribution in [1.82, 2.24) is 0 Å². The number of amides is 1. The zero-order valence-electron chi connectivity index (χ0n) is 12.0. The normalized spacial score (nSPS) is 11.5. The highest BCUT2D eigenvalue weighted by atomic mass is 35.5. The van der Waals surface area contributed by atoms with Crippen LogP contribution >= 0.6 is 23.4 Å². The monoisotopic (exact) mass is 330 g/mol. The number of rotatable bonds is 5. The van der Waals surface area contributed by atoms with Crippen molar-refractivity contribution in [2.75, 3.05) is 5.32 Å². The molecular weight excluding hydrogens is 316 g/mol. The van der Waals surface area contributed by atoms with Crippen LogP contribution in [0.2, 0.25) is 5.02 Å². The van der Waals surface area contributed by atoms with Gasteiger partial charge in [0.1, 0.15) is 0 Å². The third kappa shape index (κ3) is 4.52. The van der Waals surface area contributed by atoms with Gasteiger partial charge in [-0.3, -0.25) is 4.79 Å². The molecule has 1 atom stereocenters. The number of hydrogen-bond donors (Lipinski definition) is 1. The molecule has 0 aromatic heterocycles. The molecule has 0 aliphatic rings. The topological polar surface area (TPSA) is 52.9 Å². The molecule has 2 aromatic rings. The first-order valence-electron chi connectivity index (χ1n) is 6.76. The zero-order valence-corrected chi connectivity index (χ0v) is 13.6. The Hall–Kier alpha value is -1.96. The van der Waals surface area contributed by atoms with Crippen LogP contribution in [0.3, 0.4) is 0 Å². The van der Waals surface area contributed by atoms with E-state index in [-0.39, 0.29) is 11.2 Å². The fraction of sp³-hybridized carbons (Fsp3) is 0.176. The van der Waals surface area contributed by atoms with Gasteiger partial charge < -0.3 is 5.32 Å². The van der Waals surface area contributed by atoms with E-state index >= 15 is 0 Å². The molecule has 22 heavy (non-hydrogen) atoms. The van der Waals surface area contributed by atoms with E-state index in [1.807, 2.05) is 31.2 Å². The van der Waals surface area contributed by atoms with Gasteiger partial charge in [-0.05, 0) is 36.8 Å². The Kier molecular flexibility index (Phi) is 5.88. The van der Waals surface area contributed by atoms with Gasteiger partial charge in [-0.25, -0.2) is 0 Å². The molecule has 2 aromatic carbocycles. The van der Waals surface area contributed by atoms with Gasteiger partial charge >= 0.3 is 0 Å². The second-order valence-corrected chi connectivity index (χ2v) is 6.47. The third-order valence-corrected chi connectivity index (χ3v) is 4.63. The van der Waals surface area contributed by atoms with Crippen molar-refractivity contribution in [2.45, 2.75) is 17.9 Å². The Morgan fingerprint density at radius 3 is 2.59 bits per heavy atom. The predicted molar refractivity (Wildman–Crippen MR) is 92.0 cm³/mol. The van der Waals surface area contributed by atoms with E-state index in [1.54, 1.807) is 24.3 Å². The first-order valence-corrected chi connectivity index (χ1v) is 8.19. The summed E-state index contributed by atoms with van der Waals surface area (Å²) in [6, 6.07) is 16.6. The van der Waals surface area contributed by atoms with Crippen molar-refractivity contribution < 1.29 is 4.79 Å². The van der Waals surface area contributed by atoms with Crippen LogP contribution in [0.1, 0.15) is 18.1 Å². The van der Waals surface area contributed by atoms with Crippen LogP contribution in [0.15, 0.2) is 48.5 Å². The number of para-hydroxylation sites is 1. The quantitative estimate of drug-likeness (QED) is 0.879. The van der Waals surface area contributed by atoms with Crippen molar-refractivity contribution in [3.05, 3.63) is 64.7 Å². The van der Waals surface area contributed by atoms with Crippen LogP contribution in [-0.2, 0) is 10.5 Å². The summed E-state index contributed by atoms with van der Waals surface area (Å²) in [4.78, 5) is 12.2. The molecule has 112 valence electrons. The van der Waals surface area contributed by atoms with Crippen LogP contribution < -0.4 is 5.32 Å². The molecule has 0 bridgehead atoms. The summed E-state index contributed by atoms with van der Waals surface area (Å²) in [5.74, 6) is 0.634. The average Bonchev–Trinajstić information content (AvgIpc) is 2.55. The molecule has 0 saturated carbocycles. The average molecular weight is 331 g/mol. The van der Waals surface area contributed by atoms with Crippen LogP contribution in [0.25, 0.3) is 0 Å². The summed E-state index contributed by atoms with van der Waals surface area (Å²) in [6.45, 7) is 1.86. The molecule has 0 heterocycles. The number of anilines is 1. The van der Waals surface area contributed by atoms with E-state index in [9.17, 15) is 4.79 Å². The van der Waals surface area contributed by atoms with Gasteiger partial charge in [0.05, 0.1) is 27.6 Å². The van der Waals surface area contributed by atoms with Gasteiger partial charge in [0.2, 0.25) is 5.91 Å². The van der Waals surface area contributed by atoms with E-state index in [2.05, 4.69) is 11.4 Å². The maximum absolute atomic E-state index is 12.2. The van der Waals surface area contributed by atoms with Gasteiger partial charge in [-0.1, -0.05) is 35.9 Å². The molecule has 0 radical (unpaired) electrons. The number of carbonyl (C=O) groups is 1. The largest absolute Gasteiger partial charge is 0.324 e. The summed E-state index contributed by atoms with van der Waals surface area (Å²) in [6.07, 6.45) is 0. The molecule has 1 unspecified atom stereocenters. The summed E-state index contributed by atoms with van der Waals surface area (Å²) in [5, 5.41) is 11.9. The molecule has 0 spiro atoms. The second-order valence-electron chi connectivity index (χ2n) is 4.73.